The van der Waals surface area contributed by atoms with E-state index < -0.39 is 5.97 Å². The predicted molar refractivity (Wildman–Crippen MR) is 80.9 cm³/mol. The van der Waals surface area contributed by atoms with Gasteiger partial charge in [-0.3, -0.25) is 0 Å². The molecule has 1 fully saturated rings. The van der Waals surface area contributed by atoms with E-state index in [4.69, 9.17) is 10.5 Å². The van der Waals surface area contributed by atoms with Crippen molar-refractivity contribution in [3.63, 3.8) is 0 Å². The molecule has 5 heteroatoms. The minimum absolute atomic E-state index is 0.376. The summed E-state index contributed by atoms with van der Waals surface area (Å²) >= 11 is 0. The van der Waals surface area contributed by atoms with E-state index in [1.807, 2.05) is 12.1 Å². The Morgan fingerprint density at radius 3 is 2.90 bits per heavy atom. The molecule has 110 valence electrons. The Morgan fingerprint density at radius 2 is 2.25 bits per heavy atom. The standard InChI is InChI=1S/C15H23N3O2/c1-10-9-18(2)8-7-12(10)17-13-6-4-5-11(14(13)16)15(19)20-3/h4-6,10,12,17H,7-9,16H2,1-3H3. The van der Waals surface area contributed by atoms with Crippen LogP contribution in [-0.2, 0) is 4.74 Å². The number of nitrogens with one attached hydrogen (secondary N) is 1. The molecule has 1 saturated heterocycles. The largest absolute Gasteiger partial charge is 0.465 e. The van der Waals surface area contributed by atoms with Crippen LogP contribution in [0.25, 0.3) is 0 Å². The number of piperidine rings is 1. The number of likely N-dealkylation sites (tertiary alicyclic amines) is 1. The number of rotatable bonds is 3. The normalized spacial score (nSPS) is 23.4. The summed E-state index contributed by atoms with van der Waals surface area (Å²) in [6.45, 7) is 4.36. The lowest BCUT2D eigenvalue weighted by atomic mass is 9.93. The number of ether oxygens (including phenoxy) is 1. The number of methoxy groups -OCH3 is 1. The van der Waals surface area contributed by atoms with Crippen LogP contribution in [0.3, 0.4) is 0 Å². The van der Waals surface area contributed by atoms with Crippen LogP contribution < -0.4 is 11.1 Å². The molecule has 0 aliphatic carbocycles. The molecule has 2 rings (SSSR count). The quantitative estimate of drug-likeness (QED) is 0.651. The van der Waals surface area contributed by atoms with Gasteiger partial charge in [-0.2, -0.15) is 0 Å². The summed E-state index contributed by atoms with van der Waals surface area (Å²) < 4.78 is 4.74. The van der Waals surface area contributed by atoms with Crippen LogP contribution >= 0.6 is 0 Å². The Bertz CT molecular complexity index is 490. The number of benzene rings is 1. The average Bonchev–Trinajstić information content (AvgIpc) is 2.43. The molecule has 0 aromatic heterocycles. The van der Waals surface area contributed by atoms with Gasteiger partial charge in [-0.1, -0.05) is 13.0 Å². The first-order chi connectivity index (χ1) is 9.52. The SMILES string of the molecule is COC(=O)c1cccc(NC2CCN(C)CC2C)c1N. The van der Waals surface area contributed by atoms with E-state index in [1.165, 1.54) is 7.11 Å². The van der Waals surface area contributed by atoms with E-state index >= 15 is 0 Å². The molecular weight excluding hydrogens is 254 g/mol. The van der Waals surface area contributed by atoms with Gasteiger partial charge in [0.15, 0.2) is 0 Å². The van der Waals surface area contributed by atoms with Gasteiger partial charge in [0.25, 0.3) is 0 Å². The highest BCUT2D eigenvalue weighted by Crippen LogP contribution is 2.27. The van der Waals surface area contributed by atoms with Gasteiger partial charge in [-0.05, 0) is 38.1 Å². The molecule has 5 nitrogen and oxygen atoms in total. The molecule has 0 spiro atoms. The first kappa shape index (κ1) is 14.7. The number of hydrogen-bond donors (Lipinski definition) is 2. The van der Waals surface area contributed by atoms with Crippen molar-refractivity contribution in [1.82, 2.24) is 4.90 Å². The number of anilines is 2. The summed E-state index contributed by atoms with van der Waals surface area (Å²) in [5.74, 6) is 0.137. The van der Waals surface area contributed by atoms with Crippen LogP contribution in [0.4, 0.5) is 11.4 Å². The fourth-order valence-corrected chi connectivity index (χ4v) is 2.75. The van der Waals surface area contributed by atoms with Crippen molar-refractivity contribution in [2.45, 2.75) is 19.4 Å². The first-order valence-electron chi connectivity index (χ1n) is 6.94. The van der Waals surface area contributed by atoms with E-state index in [0.29, 0.717) is 23.2 Å². The monoisotopic (exact) mass is 277 g/mol. The summed E-state index contributed by atoms with van der Waals surface area (Å²) in [4.78, 5) is 14.0. The van der Waals surface area contributed by atoms with Gasteiger partial charge in [0.2, 0.25) is 0 Å². The van der Waals surface area contributed by atoms with Crippen molar-refractivity contribution in [2.75, 3.05) is 38.3 Å². The van der Waals surface area contributed by atoms with Crippen LogP contribution in [0.2, 0.25) is 0 Å². The van der Waals surface area contributed by atoms with Crippen LogP contribution in [0.1, 0.15) is 23.7 Å². The maximum atomic E-state index is 11.6. The second-order valence-electron chi connectivity index (χ2n) is 5.54. The van der Waals surface area contributed by atoms with Crippen molar-refractivity contribution in [2.24, 2.45) is 5.92 Å². The highest BCUT2D eigenvalue weighted by molar-refractivity contribution is 5.98. The number of nitrogens with zero attached hydrogens (tertiary/aromatic N) is 1. The van der Waals surface area contributed by atoms with E-state index in [0.717, 1.165) is 25.2 Å². The van der Waals surface area contributed by atoms with E-state index in [-0.39, 0.29) is 0 Å². The zero-order valence-corrected chi connectivity index (χ0v) is 12.3. The Hall–Kier alpha value is -1.75. The molecule has 0 bridgehead atoms. The van der Waals surface area contributed by atoms with Gasteiger partial charge in [-0.25, -0.2) is 4.79 Å². The third-order valence-corrected chi connectivity index (χ3v) is 3.96. The molecule has 1 aromatic rings. The van der Waals surface area contributed by atoms with Crippen molar-refractivity contribution in [3.05, 3.63) is 23.8 Å². The van der Waals surface area contributed by atoms with E-state index in [2.05, 4.69) is 24.2 Å². The number of nitrogen functional groups attached to an aromatic ring is 1. The molecule has 20 heavy (non-hydrogen) atoms. The average molecular weight is 277 g/mol. The predicted octanol–water partition coefficient (Wildman–Crippen LogP) is 1.81. The summed E-state index contributed by atoms with van der Waals surface area (Å²) in [5, 5.41) is 3.48. The molecule has 2 unspecified atom stereocenters. The zero-order chi connectivity index (χ0) is 14.7. The van der Waals surface area contributed by atoms with Crippen LogP contribution in [0.15, 0.2) is 18.2 Å². The minimum atomic E-state index is -0.400. The second-order valence-corrected chi connectivity index (χ2v) is 5.54. The lowest BCUT2D eigenvalue weighted by Gasteiger charge is -2.36. The Kier molecular flexibility index (Phi) is 4.49. The smallest absolute Gasteiger partial charge is 0.340 e. The lowest BCUT2D eigenvalue weighted by molar-refractivity contribution is 0.0602. The molecule has 1 aliphatic rings. The Morgan fingerprint density at radius 1 is 1.50 bits per heavy atom. The Balaban J connectivity index is 2.15. The van der Waals surface area contributed by atoms with Crippen molar-refractivity contribution < 1.29 is 9.53 Å². The topological polar surface area (TPSA) is 67.6 Å². The van der Waals surface area contributed by atoms with Crippen LogP contribution in [-0.4, -0.2) is 44.2 Å². The summed E-state index contributed by atoms with van der Waals surface area (Å²) in [7, 11) is 3.50. The first-order valence-corrected chi connectivity index (χ1v) is 6.94. The van der Waals surface area contributed by atoms with Gasteiger partial charge in [0.05, 0.1) is 24.0 Å². The van der Waals surface area contributed by atoms with Gasteiger partial charge in [0, 0.05) is 12.6 Å². The molecule has 2 atom stereocenters. The van der Waals surface area contributed by atoms with E-state index in [1.54, 1.807) is 6.07 Å². The van der Waals surface area contributed by atoms with Gasteiger partial charge in [0.1, 0.15) is 0 Å². The molecule has 0 saturated carbocycles. The fourth-order valence-electron chi connectivity index (χ4n) is 2.75. The second kappa shape index (κ2) is 6.13. The maximum absolute atomic E-state index is 11.6. The van der Waals surface area contributed by atoms with Crippen LogP contribution in [0, 0.1) is 5.92 Å². The minimum Gasteiger partial charge on any atom is -0.465 e. The number of carbonyl (C=O) groups excluding carboxylic acids is 1. The highest BCUT2D eigenvalue weighted by atomic mass is 16.5. The maximum Gasteiger partial charge on any atom is 0.340 e. The van der Waals surface area contributed by atoms with Gasteiger partial charge in [-0.15, -0.1) is 0 Å². The number of esters is 1. The third kappa shape index (κ3) is 3.04. The zero-order valence-electron chi connectivity index (χ0n) is 12.3. The summed E-state index contributed by atoms with van der Waals surface area (Å²) in [6.07, 6.45) is 1.07. The van der Waals surface area contributed by atoms with Crippen LogP contribution in [0.5, 0.6) is 0 Å². The number of carbonyl (C=O) groups is 1. The highest BCUT2D eigenvalue weighted by Gasteiger charge is 2.25. The summed E-state index contributed by atoms with van der Waals surface area (Å²) in [5.41, 5.74) is 7.77. The van der Waals surface area contributed by atoms with Crippen molar-refractivity contribution >= 4 is 17.3 Å². The molecule has 3 N–H and O–H groups in total. The van der Waals surface area contributed by atoms with Gasteiger partial charge < -0.3 is 20.7 Å². The number of hydrogen-bond acceptors (Lipinski definition) is 5. The third-order valence-electron chi connectivity index (χ3n) is 3.96. The van der Waals surface area contributed by atoms with Gasteiger partial charge >= 0.3 is 5.97 Å². The molecule has 1 aliphatic heterocycles. The summed E-state index contributed by atoms with van der Waals surface area (Å²) in [6, 6.07) is 5.79. The van der Waals surface area contributed by atoms with Crippen molar-refractivity contribution in [3.8, 4) is 0 Å². The molecule has 1 aromatic carbocycles. The molecule has 0 amide bonds. The van der Waals surface area contributed by atoms with E-state index in [9.17, 15) is 4.79 Å². The molecular formula is C15H23N3O2. The number of para-hydroxylation sites is 1. The van der Waals surface area contributed by atoms with Crippen molar-refractivity contribution in [1.29, 1.82) is 0 Å². The number of nitrogens with two attached hydrogens (primary N) is 1. The molecule has 0 radical (unpaired) electrons. The lowest BCUT2D eigenvalue weighted by Crippen LogP contribution is -2.43. The fraction of sp³-hybridized carbons (Fsp3) is 0.533. The molecule has 1 heterocycles. The Labute approximate surface area is 120 Å².